The number of aryl methyl sites for hydroxylation is 2. The van der Waals surface area contributed by atoms with Gasteiger partial charge in [0, 0.05) is 17.5 Å². The minimum atomic E-state index is 0.716. The van der Waals surface area contributed by atoms with Gasteiger partial charge >= 0.3 is 0 Å². The molecule has 0 radical (unpaired) electrons. The zero-order chi connectivity index (χ0) is 11.5. The Kier molecular flexibility index (Phi) is 3.98. The fourth-order valence-electron chi connectivity index (χ4n) is 2.47. The molecule has 0 aromatic carbocycles. The van der Waals surface area contributed by atoms with Crippen LogP contribution in [0.1, 0.15) is 48.2 Å². The van der Waals surface area contributed by atoms with Crippen molar-refractivity contribution in [3.8, 4) is 0 Å². The van der Waals surface area contributed by atoms with Gasteiger partial charge in [0.05, 0.1) is 5.69 Å². The first kappa shape index (κ1) is 12.1. The molecule has 1 aromatic rings. The van der Waals surface area contributed by atoms with Crippen LogP contribution >= 0.6 is 11.3 Å². The fourth-order valence-corrected chi connectivity index (χ4v) is 3.35. The SMILES string of the molecule is Cc1nc(CNC2CCCC(C)C2)sc1C. The number of nitrogens with one attached hydrogen (secondary N) is 1. The Morgan fingerprint density at radius 2 is 2.19 bits per heavy atom. The highest BCUT2D eigenvalue weighted by atomic mass is 32.1. The van der Waals surface area contributed by atoms with Crippen LogP contribution in [0, 0.1) is 19.8 Å². The van der Waals surface area contributed by atoms with Crippen molar-refractivity contribution >= 4 is 11.3 Å². The lowest BCUT2D eigenvalue weighted by molar-refractivity contribution is 0.300. The van der Waals surface area contributed by atoms with Crippen LogP contribution in [-0.2, 0) is 6.54 Å². The summed E-state index contributed by atoms with van der Waals surface area (Å²) >= 11 is 1.83. The summed E-state index contributed by atoms with van der Waals surface area (Å²) < 4.78 is 0. The van der Waals surface area contributed by atoms with Gasteiger partial charge in [-0.15, -0.1) is 11.3 Å². The van der Waals surface area contributed by atoms with E-state index in [0.29, 0.717) is 6.04 Å². The van der Waals surface area contributed by atoms with Gasteiger partial charge in [0.25, 0.3) is 0 Å². The van der Waals surface area contributed by atoms with E-state index in [-0.39, 0.29) is 0 Å². The lowest BCUT2D eigenvalue weighted by Crippen LogP contribution is -2.33. The molecular formula is C13H22N2S. The van der Waals surface area contributed by atoms with Gasteiger partial charge in [-0.25, -0.2) is 4.98 Å². The van der Waals surface area contributed by atoms with Crippen LogP contribution in [0.3, 0.4) is 0 Å². The Morgan fingerprint density at radius 1 is 1.38 bits per heavy atom. The van der Waals surface area contributed by atoms with Crippen LogP contribution in [-0.4, -0.2) is 11.0 Å². The smallest absolute Gasteiger partial charge is 0.107 e. The van der Waals surface area contributed by atoms with E-state index >= 15 is 0 Å². The molecule has 1 N–H and O–H groups in total. The van der Waals surface area contributed by atoms with Crippen molar-refractivity contribution in [1.82, 2.24) is 10.3 Å². The van der Waals surface area contributed by atoms with E-state index < -0.39 is 0 Å². The number of rotatable bonds is 3. The third-order valence-electron chi connectivity index (χ3n) is 3.55. The van der Waals surface area contributed by atoms with Gasteiger partial charge in [-0.3, -0.25) is 0 Å². The van der Waals surface area contributed by atoms with Gasteiger partial charge in [-0.1, -0.05) is 19.8 Å². The summed E-state index contributed by atoms with van der Waals surface area (Å²) in [5.74, 6) is 0.894. The Hall–Kier alpha value is -0.410. The summed E-state index contributed by atoms with van der Waals surface area (Å²) in [6.07, 6.45) is 5.47. The molecule has 2 nitrogen and oxygen atoms in total. The molecule has 1 aromatic heterocycles. The Morgan fingerprint density at radius 3 is 2.81 bits per heavy atom. The largest absolute Gasteiger partial charge is 0.308 e. The molecule has 1 aliphatic rings. The molecule has 90 valence electrons. The molecule has 0 amide bonds. The van der Waals surface area contributed by atoms with Gasteiger partial charge in [0.1, 0.15) is 5.01 Å². The van der Waals surface area contributed by atoms with E-state index in [1.165, 1.54) is 41.3 Å². The number of hydrogen-bond acceptors (Lipinski definition) is 3. The third-order valence-corrected chi connectivity index (χ3v) is 4.62. The molecule has 0 aliphatic heterocycles. The van der Waals surface area contributed by atoms with Crippen molar-refractivity contribution < 1.29 is 0 Å². The van der Waals surface area contributed by atoms with Crippen LogP contribution < -0.4 is 5.32 Å². The summed E-state index contributed by atoms with van der Waals surface area (Å²) in [6, 6.07) is 0.716. The summed E-state index contributed by atoms with van der Waals surface area (Å²) in [5, 5.41) is 4.90. The van der Waals surface area contributed by atoms with Crippen LogP contribution in [0.5, 0.6) is 0 Å². The highest BCUT2D eigenvalue weighted by molar-refractivity contribution is 7.11. The van der Waals surface area contributed by atoms with E-state index in [1.807, 2.05) is 11.3 Å². The quantitative estimate of drug-likeness (QED) is 0.872. The summed E-state index contributed by atoms with van der Waals surface area (Å²) in [7, 11) is 0. The van der Waals surface area contributed by atoms with Crippen LogP contribution in [0.15, 0.2) is 0 Å². The third kappa shape index (κ3) is 3.05. The topological polar surface area (TPSA) is 24.9 Å². The molecule has 0 saturated heterocycles. The maximum atomic E-state index is 4.57. The van der Waals surface area contributed by atoms with Crippen molar-refractivity contribution in [3.63, 3.8) is 0 Å². The van der Waals surface area contributed by atoms with E-state index in [0.717, 1.165) is 12.5 Å². The number of nitrogens with zero attached hydrogens (tertiary/aromatic N) is 1. The molecule has 1 fully saturated rings. The standard InChI is InChI=1S/C13H22N2S/c1-9-5-4-6-12(7-9)14-8-13-15-10(2)11(3)16-13/h9,12,14H,4-8H2,1-3H3. The molecule has 1 aliphatic carbocycles. The van der Waals surface area contributed by atoms with Gasteiger partial charge < -0.3 is 5.32 Å². The monoisotopic (exact) mass is 238 g/mol. The van der Waals surface area contributed by atoms with Crippen LogP contribution in [0.4, 0.5) is 0 Å². The minimum absolute atomic E-state index is 0.716. The van der Waals surface area contributed by atoms with Crippen molar-refractivity contribution in [2.75, 3.05) is 0 Å². The summed E-state index contributed by atoms with van der Waals surface area (Å²) in [4.78, 5) is 5.93. The highest BCUT2D eigenvalue weighted by Gasteiger charge is 2.18. The molecule has 3 heteroatoms. The van der Waals surface area contributed by atoms with Crippen LogP contribution in [0.25, 0.3) is 0 Å². The lowest BCUT2D eigenvalue weighted by Gasteiger charge is -2.27. The first-order valence-electron chi connectivity index (χ1n) is 6.31. The fraction of sp³-hybridized carbons (Fsp3) is 0.769. The highest BCUT2D eigenvalue weighted by Crippen LogP contribution is 2.24. The van der Waals surface area contributed by atoms with Gasteiger partial charge in [-0.2, -0.15) is 0 Å². The summed E-state index contributed by atoms with van der Waals surface area (Å²) in [6.45, 7) is 7.57. The molecule has 2 atom stereocenters. The van der Waals surface area contributed by atoms with Crippen LogP contribution in [0.2, 0.25) is 0 Å². The Labute approximate surface area is 102 Å². The van der Waals surface area contributed by atoms with E-state index in [9.17, 15) is 0 Å². The number of hydrogen-bond donors (Lipinski definition) is 1. The van der Waals surface area contributed by atoms with Crippen molar-refractivity contribution in [2.24, 2.45) is 5.92 Å². The van der Waals surface area contributed by atoms with Gasteiger partial charge in [-0.05, 0) is 32.6 Å². The Balaban J connectivity index is 1.82. The average Bonchev–Trinajstić information content (AvgIpc) is 2.56. The second-order valence-electron chi connectivity index (χ2n) is 5.10. The van der Waals surface area contributed by atoms with Gasteiger partial charge in [0.2, 0.25) is 0 Å². The second kappa shape index (κ2) is 5.28. The minimum Gasteiger partial charge on any atom is -0.308 e. The average molecular weight is 238 g/mol. The zero-order valence-electron chi connectivity index (χ0n) is 10.5. The molecule has 1 saturated carbocycles. The van der Waals surface area contributed by atoms with E-state index in [1.54, 1.807) is 0 Å². The Bertz CT molecular complexity index is 326. The van der Waals surface area contributed by atoms with E-state index in [2.05, 4.69) is 31.1 Å². The van der Waals surface area contributed by atoms with E-state index in [4.69, 9.17) is 0 Å². The molecule has 2 rings (SSSR count). The summed E-state index contributed by atoms with van der Waals surface area (Å²) in [5.41, 5.74) is 1.19. The van der Waals surface area contributed by atoms with Crippen molar-refractivity contribution in [3.05, 3.63) is 15.6 Å². The predicted molar refractivity (Wildman–Crippen MR) is 69.8 cm³/mol. The first-order chi connectivity index (χ1) is 7.65. The number of aromatic nitrogens is 1. The maximum Gasteiger partial charge on any atom is 0.107 e. The molecule has 0 bridgehead atoms. The molecule has 2 unspecified atom stereocenters. The second-order valence-corrected chi connectivity index (χ2v) is 6.39. The first-order valence-corrected chi connectivity index (χ1v) is 7.13. The predicted octanol–water partition coefficient (Wildman–Crippen LogP) is 3.43. The lowest BCUT2D eigenvalue weighted by atomic mass is 9.87. The van der Waals surface area contributed by atoms with Crippen molar-refractivity contribution in [1.29, 1.82) is 0 Å². The molecule has 16 heavy (non-hydrogen) atoms. The maximum absolute atomic E-state index is 4.57. The normalized spacial score (nSPS) is 25.9. The van der Waals surface area contributed by atoms with Gasteiger partial charge in [0.15, 0.2) is 0 Å². The molecule has 1 heterocycles. The molecule has 0 spiro atoms. The van der Waals surface area contributed by atoms with Crippen molar-refractivity contribution in [2.45, 2.75) is 59.0 Å². The molecular weight excluding hydrogens is 216 g/mol. The number of thiazole rings is 1. The zero-order valence-corrected chi connectivity index (χ0v) is 11.4.